The van der Waals surface area contributed by atoms with Gasteiger partial charge in [0.05, 0.1) is 22.7 Å². The number of aromatic nitrogens is 2. The van der Waals surface area contributed by atoms with Gasteiger partial charge in [-0.25, -0.2) is 23.4 Å². The van der Waals surface area contributed by atoms with Crippen LogP contribution in [-0.4, -0.2) is 27.5 Å². The fourth-order valence-corrected chi connectivity index (χ4v) is 3.83. The third kappa shape index (κ3) is 4.60. The molecule has 2 aromatic carbocycles. The zero-order valence-corrected chi connectivity index (χ0v) is 19.1. The summed E-state index contributed by atoms with van der Waals surface area (Å²) in [5, 5.41) is 9.14. The molecule has 0 fully saturated rings. The van der Waals surface area contributed by atoms with Crippen LogP contribution in [0, 0.1) is 17.5 Å². The van der Waals surface area contributed by atoms with Gasteiger partial charge in [0.2, 0.25) is 0 Å². The Kier molecular flexibility index (Phi) is 6.05. The van der Waals surface area contributed by atoms with Crippen LogP contribution in [0.15, 0.2) is 47.3 Å². The van der Waals surface area contributed by atoms with Gasteiger partial charge in [-0.2, -0.15) is 21.2 Å². The lowest BCUT2D eigenvalue weighted by Gasteiger charge is -2.19. The van der Waals surface area contributed by atoms with Crippen molar-refractivity contribution in [2.75, 3.05) is 10.7 Å². The second-order valence-electron chi connectivity index (χ2n) is 8.29. The van der Waals surface area contributed by atoms with Crippen molar-refractivity contribution in [3.63, 3.8) is 0 Å². The topological polar surface area (TPSA) is 85.2 Å². The van der Waals surface area contributed by atoms with E-state index in [-0.39, 0.29) is 5.56 Å². The van der Waals surface area contributed by atoms with Crippen molar-refractivity contribution >= 4 is 39.9 Å². The number of nitrogens with zero attached hydrogens (tertiary/aromatic N) is 2. The maximum atomic E-state index is 15.5. The molecule has 0 saturated heterocycles. The van der Waals surface area contributed by atoms with E-state index in [4.69, 9.17) is 4.74 Å². The standard InChI is InChI=1S/C23H19F3N4O3S/c1-23(2,3)33-22(32)28-14-6-4-12(5-7-14)16-18(25)17(24)15-10-27-30(20(15)19(16)26)29-21(31)13-8-9-34-11-13/h4-11H,1-3H3,(H,28,32)(H,29,31). The Morgan fingerprint density at radius 3 is 2.35 bits per heavy atom. The van der Waals surface area contributed by atoms with Crippen molar-refractivity contribution in [1.29, 1.82) is 0 Å². The molecule has 0 atom stereocenters. The van der Waals surface area contributed by atoms with Gasteiger partial charge in [-0.05, 0) is 49.9 Å². The number of halogens is 3. The maximum absolute atomic E-state index is 15.5. The minimum atomic E-state index is -1.40. The minimum Gasteiger partial charge on any atom is -0.444 e. The Balaban J connectivity index is 1.69. The van der Waals surface area contributed by atoms with E-state index < -0.39 is 51.5 Å². The number of hydrogen-bond donors (Lipinski definition) is 2. The van der Waals surface area contributed by atoms with Gasteiger partial charge in [-0.3, -0.25) is 10.1 Å². The van der Waals surface area contributed by atoms with Crippen LogP contribution in [0.3, 0.4) is 0 Å². The van der Waals surface area contributed by atoms with Crippen molar-refractivity contribution < 1.29 is 27.5 Å². The van der Waals surface area contributed by atoms with Gasteiger partial charge < -0.3 is 4.74 Å². The Labute approximate surface area is 196 Å². The number of amides is 2. The molecular formula is C23H19F3N4O3S. The van der Waals surface area contributed by atoms with Crippen LogP contribution in [0.5, 0.6) is 0 Å². The Morgan fingerprint density at radius 1 is 1.03 bits per heavy atom. The van der Waals surface area contributed by atoms with Crippen LogP contribution < -0.4 is 10.7 Å². The number of nitrogens with one attached hydrogen (secondary N) is 2. The van der Waals surface area contributed by atoms with Gasteiger partial charge in [-0.15, -0.1) is 0 Å². The molecule has 11 heteroatoms. The molecule has 2 N–H and O–H groups in total. The number of fused-ring (bicyclic) bond motifs is 1. The molecule has 0 aliphatic heterocycles. The first kappa shape index (κ1) is 23.3. The highest BCUT2D eigenvalue weighted by atomic mass is 32.1. The molecule has 4 aromatic rings. The molecule has 0 unspecified atom stereocenters. The Morgan fingerprint density at radius 2 is 1.74 bits per heavy atom. The number of rotatable bonds is 4. The van der Waals surface area contributed by atoms with Crippen molar-refractivity contribution in [1.82, 2.24) is 9.89 Å². The zero-order valence-electron chi connectivity index (χ0n) is 18.3. The van der Waals surface area contributed by atoms with Crippen molar-refractivity contribution in [3.05, 3.63) is 70.3 Å². The van der Waals surface area contributed by atoms with Gasteiger partial charge in [-0.1, -0.05) is 12.1 Å². The molecule has 0 aliphatic carbocycles. The molecule has 0 radical (unpaired) electrons. The first-order chi connectivity index (χ1) is 16.0. The van der Waals surface area contributed by atoms with Gasteiger partial charge in [0, 0.05) is 11.1 Å². The first-order valence-corrected chi connectivity index (χ1v) is 11.0. The predicted octanol–water partition coefficient (Wildman–Crippen LogP) is 5.91. The average Bonchev–Trinajstić information content (AvgIpc) is 3.42. The molecule has 2 aromatic heterocycles. The monoisotopic (exact) mass is 488 g/mol. The maximum Gasteiger partial charge on any atom is 0.412 e. The van der Waals surface area contributed by atoms with Gasteiger partial charge in [0.25, 0.3) is 5.91 Å². The van der Waals surface area contributed by atoms with Gasteiger partial charge in [0.1, 0.15) is 11.1 Å². The normalized spacial score (nSPS) is 11.5. The Hall–Kier alpha value is -3.86. The van der Waals surface area contributed by atoms with Crippen LogP contribution in [0.25, 0.3) is 22.0 Å². The lowest BCUT2D eigenvalue weighted by molar-refractivity contribution is 0.0635. The summed E-state index contributed by atoms with van der Waals surface area (Å²) < 4.78 is 50.3. The Bertz CT molecular complexity index is 1380. The lowest BCUT2D eigenvalue weighted by atomic mass is 10.0. The number of thiophene rings is 1. The van der Waals surface area contributed by atoms with Crippen molar-refractivity contribution in [3.8, 4) is 11.1 Å². The molecule has 0 saturated carbocycles. The van der Waals surface area contributed by atoms with E-state index in [9.17, 15) is 18.4 Å². The summed E-state index contributed by atoms with van der Waals surface area (Å²) in [4.78, 5) is 25.0. The fourth-order valence-electron chi connectivity index (χ4n) is 3.20. The molecule has 34 heavy (non-hydrogen) atoms. The van der Waals surface area contributed by atoms with Crippen LogP contribution in [-0.2, 0) is 4.74 Å². The molecule has 2 amide bonds. The van der Waals surface area contributed by atoms with Crippen molar-refractivity contribution in [2.45, 2.75) is 26.4 Å². The highest BCUT2D eigenvalue weighted by Gasteiger charge is 2.25. The molecule has 7 nitrogen and oxygen atoms in total. The quantitative estimate of drug-likeness (QED) is 0.350. The van der Waals surface area contributed by atoms with E-state index in [1.807, 2.05) is 0 Å². The number of carbonyl (C=O) groups excluding carboxylic acids is 2. The number of ether oxygens (including phenoxy) is 1. The third-order valence-corrected chi connectivity index (χ3v) is 5.34. The minimum absolute atomic E-state index is 0.0162. The number of hydrogen-bond acceptors (Lipinski definition) is 5. The smallest absolute Gasteiger partial charge is 0.412 e. The van der Waals surface area contributed by atoms with E-state index in [0.717, 1.165) is 11.0 Å². The lowest BCUT2D eigenvalue weighted by Crippen LogP contribution is -2.27. The number of benzene rings is 2. The molecule has 4 rings (SSSR count). The second kappa shape index (κ2) is 8.82. The van der Waals surface area contributed by atoms with E-state index in [1.54, 1.807) is 37.6 Å². The summed E-state index contributed by atoms with van der Waals surface area (Å²) in [6.45, 7) is 5.12. The van der Waals surface area contributed by atoms with Gasteiger partial charge in [0.15, 0.2) is 17.5 Å². The summed E-state index contributed by atoms with van der Waals surface area (Å²) in [6.07, 6.45) is 0.234. The summed E-state index contributed by atoms with van der Waals surface area (Å²) in [5.74, 6) is -4.40. The van der Waals surface area contributed by atoms with E-state index >= 15 is 4.39 Å². The molecule has 0 aliphatic rings. The molecule has 176 valence electrons. The van der Waals surface area contributed by atoms with Gasteiger partial charge >= 0.3 is 6.09 Å². The molecule has 2 heterocycles. The molecule has 0 spiro atoms. The van der Waals surface area contributed by atoms with E-state index in [2.05, 4.69) is 15.8 Å². The SMILES string of the molecule is CC(C)(C)OC(=O)Nc1ccc(-c2c(F)c(F)c3cnn(NC(=O)c4ccsc4)c3c2F)cc1. The third-order valence-electron chi connectivity index (χ3n) is 4.65. The van der Waals surface area contributed by atoms with Crippen LogP contribution in [0.4, 0.5) is 23.7 Å². The molecule has 0 bridgehead atoms. The average molecular weight is 488 g/mol. The predicted molar refractivity (Wildman–Crippen MR) is 123 cm³/mol. The largest absolute Gasteiger partial charge is 0.444 e. The van der Waals surface area contributed by atoms with E-state index in [0.29, 0.717) is 11.3 Å². The second-order valence-corrected chi connectivity index (χ2v) is 9.07. The summed E-state index contributed by atoms with van der Waals surface area (Å²) >= 11 is 1.29. The fraction of sp³-hybridized carbons (Fsp3) is 0.174. The number of anilines is 1. The highest BCUT2D eigenvalue weighted by Crippen LogP contribution is 2.34. The summed E-state index contributed by atoms with van der Waals surface area (Å²) in [7, 11) is 0. The van der Waals surface area contributed by atoms with Crippen molar-refractivity contribution in [2.24, 2.45) is 0 Å². The molecular weight excluding hydrogens is 469 g/mol. The first-order valence-electron chi connectivity index (χ1n) is 10.0. The van der Waals surface area contributed by atoms with E-state index in [1.165, 1.54) is 35.6 Å². The number of carbonyl (C=O) groups is 2. The van der Waals surface area contributed by atoms with Crippen LogP contribution in [0.2, 0.25) is 0 Å². The summed E-state index contributed by atoms with van der Waals surface area (Å²) in [5.41, 5.74) is 1.24. The highest BCUT2D eigenvalue weighted by molar-refractivity contribution is 7.08. The zero-order chi connectivity index (χ0) is 24.6. The van der Waals surface area contributed by atoms with Crippen LogP contribution in [0.1, 0.15) is 31.1 Å². The van der Waals surface area contributed by atoms with Crippen LogP contribution >= 0.6 is 11.3 Å². The summed E-state index contributed by atoms with van der Waals surface area (Å²) in [6, 6.07) is 7.00.